The Balaban J connectivity index is 1.31. The van der Waals surface area contributed by atoms with Crippen molar-refractivity contribution in [3.05, 3.63) is 77.6 Å². The van der Waals surface area contributed by atoms with Gasteiger partial charge in [-0.1, -0.05) is 59.4 Å². The van der Waals surface area contributed by atoms with Crippen molar-refractivity contribution in [2.75, 3.05) is 19.3 Å². The Morgan fingerprint density at radius 1 is 1.12 bits per heavy atom. The fourth-order valence-electron chi connectivity index (χ4n) is 3.51. The number of hydrogen-bond acceptors (Lipinski definition) is 6. The Hall–Kier alpha value is -3.39. The normalized spacial score (nSPS) is 13.6. The van der Waals surface area contributed by atoms with Crippen LogP contribution in [-0.2, 0) is 17.8 Å². The molecule has 1 fully saturated rings. The van der Waals surface area contributed by atoms with E-state index in [-0.39, 0.29) is 29.4 Å². The third-order valence-electron chi connectivity index (χ3n) is 5.25. The van der Waals surface area contributed by atoms with Crippen molar-refractivity contribution in [1.29, 1.82) is 0 Å². The maximum atomic E-state index is 12.8. The molecule has 1 aliphatic heterocycles. The first-order valence-corrected chi connectivity index (χ1v) is 11.3. The molecular weight excluding hydrogens is 426 g/mol. The summed E-state index contributed by atoms with van der Waals surface area (Å²) in [6.07, 6.45) is 1.41. The minimum Gasteiger partial charge on any atom is -0.361 e. The molecule has 164 valence electrons. The van der Waals surface area contributed by atoms with Crippen molar-refractivity contribution in [2.45, 2.75) is 19.4 Å². The van der Waals surface area contributed by atoms with E-state index in [0.29, 0.717) is 18.5 Å². The number of aromatic nitrogens is 1. The molecule has 0 atom stereocenters. The summed E-state index contributed by atoms with van der Waals surface area (Å²) < 4.78 is 5.43. The van der Waals surface area contributed by atoms with E-state index in [1.807, 2.05) is 42.5 Å². The molecule has 2 aromatic carbocycles. The van der Waals surface area contributed by atoms with Gasteiger partial charge in [-0.3, -0.25) is 19.3 Å². The zero-order valence-electron chi connectivity index (χ0n) is 17.7. The van der Waals surface area contributed by atoms with Crippen molar-refractivity contribution in [3.63, 3.8) is 0 Å². The molecule has 0 unspecified atom stereocenters. The van der Waals surface area contributed by atoms with Crippen LogP contribution >= 0.6 is 11.8 Å². The molecule has 1 aromatic heterocycles. The minimum atomic E-state index is -0.244. The fraction of sp³-hybridized carbons (Fsp3) is 0.250. The number of imide groups is 1. The fourth-order valence-corrected chi connectivity index (χ4v) is 4.23. The van der Waals surface area contributed by atoms with Gasteiger partial charge < -0.3 is 9.42 Å². The van der Waals surface area contributed by atoms with Crippen LogP contribution in [0.5, 0.6) is 0 Å². The highest BCUT2D eigenvalue weighted by atomic mass is 32.2. The number of thioether (sulfide) groups is 1. The highest BCUT2D eigenvalue weighted by Crippen LogP contribution is 2.22. The first kappa shape index (κ1) is 21.8. The van der Waals surface area contributed by atoms with Crippen LogP contribution in [-0.4, -0.2) is 51.4 Å². The van der Waals surface area contributed by atoms with E-state index in [0.717, 1.165) is 40.8 Å². The van der Waals surface area contributed by atoms with Gasteiger partial charge in [0.25, 0.3) is 11.1 Å². The summed E-state index contributed by atoms with van der Waals surface area (Å²) in [7, 11) is 1.76. The SMILES string of the molecule is CN(CCCc1cc(-c2ccccc2)no1)C(=O)c1cccc(CN2C(=O)CSC2=O)c1. The predicted molar refractivity (Wildman–Crippen MR) is 122 cm³/mol. The summed E-state index contributed by atoms with van der Waals surface area (Å²) in [5, 5.41) is 3.88. The standard InChI is InChI=1S/C24H23N3O4S/c1-26(12-6-11-20-14-21(25-31-20)18-8-3-2-4-9-18)23(29)19-10-5-7-17(13-19)15-27-22(28)16-32-24(27)30/h2-5,7-10,13-14H,6,11-12,15-16H2,1H3. The molecule has 0 spiro atoms. The van der Waals surface area contributed by atoms with Crippen molar-refractivity contribution >= 4 is 28.8 Å². The largest absolute Gasteiger partial charge is 0.361 e. The summed E-state index contributed by atoms with van der Waals surface area (Å²) in [6, 6.07) is 18.8. The zero-order chi connectivity index (χ0) is 22.5. The molecule has 7 nitrogen and oxygen atoms in total. The second-order valence-electron chi connectivity index (χ2n) is 7.61. The average molecular weight is 450 g/mol. The Bertz CT molecular complexity index is 1110. The van der Waals surface area contributed by atoms with Gasteiger partial charge in [0, 0.05) is 37.2 Å². The smallest absolute Gasteiger partial charge is 0.289 e. The molecule has 0 radical (unpaired) electrons. The molecule has 0 aliphatic carbocycles. The van der Waals surface area contributed by atoms with E-state index < -0.39 is 0 Å². The quantitative estimate of drug-likeness (QED) is 0.511. The molecule has 0 saturated carbocycles. The summed E-state index contributed by atoms with van der Waals surface area (Å²) in [5.74, 6) is 0.655. The average Bonchev–Trinajstić information content (AvgIpc) is 3.41. The lowest BCUT2D eigenvalue weighted by atomic mass is 10.1. The van der Waals surface area contributed by atoms with E-state index in [4.69, 9.17) is 4.52 Å². The summed E-state index contributed by atoms with van der Waals surface area (Å²) in [5.41, 5.74) is 3.09. The molecule has 0 bridgehead atoms. The Morgan fingerprint density at radius 3 is 2.69 bits per heavy atom. The number of rotatable bonds is 8. The molecule has 2 heterocycles. The van der Waals surface area contributed by atoms with Crippen LogP contribution in [0.2, 0.25) is 0 Å². The molecule has 8 heteroatoms. The van der Waals surface area contributed by atoms with Crippen LogP contribution in [0.4, 0.5) is 4.79 Å². The second kappa shape index (κ2) is 9.82. The van der Waals surface area contributed by atoms with Crippen LogP contribution < -0.4 is 0 Å². The lowest BCUT2D eigenvalue weighted by Crippen LogP contribution is -2.29. The van der Waals surface area contributed by atoms with Gasteiger partial charge in [-0.15, -0.1) is 0 Å². The van der Waals surface area contributed by atoms with Gasteiger partial charge in [0.2, 0.25) is 5.91 Å². The van der Waals surface area contributed by atoms with Gasteiger partial charge in [0.1, 0.15) is 11.5 Å². The van der Waals surface area contributed by atoms with Crippen molar-refractivity contribution < 1.29 is 18.9 Å². The highest BCUT2D eigenvalue weighted by molar-refractivity contribution is 8.14. The molecule has 3 aromatic rings. The number of carbonyl (C=O) groups excluding carboxylic acids is 3. The molecule has 4 rings (SSSR count). The molecular formula is C24H23N3O4S. The van der Waals surface area contributed by atoms with E-state index in [2.05, 4.69) is 5.16 Å². The maximum absolute atomic E-state index is 12.8. The summed E-state index contributed by atoms with van der Waals surface area (Å²) in [4.78, 5) is 39.4. The van der Waals surface area contributed by atoms with Crippen LogP contribution in [0, 0.1) is 0 Å². The van der Waals surface area contributed by atoms with Gasteiger partial charge in [0.15, 0.2) is 0 Å². The van der Waals surface area contributed by atoms with E-state index in [9.17, 15) is 14.4 Å². The second-order valence-corrected chi connectivity index (χ2v) is 8.54. The van der Waals surface area contributed by atoms with Crippen molar-refractivity contribution in [1.82, 2.24) is 15.0 Å². The number of nitrogens with zero attached hydrogens (tertiary/aromatic N) is 3. The van der Waals surface area contributed by atoms with Gasteiger partial charge in [0.05, 0.1) is 12.3 Å². The highest BCUT2D eigenvalue weighted by Gasteiger charge is 2.29. The van der Waals surface area contributed by atoms with Gasteiger partial charge in [-0.2, -0.15) is 0 Å². The number of hydrogen-bond donors (Lipinski definition) is 0. The molecule has 32 heavy (non-hydrogen) atoms. The topological polar surface area (TPSA) is 83.7 Å². The molecule has 3 amide bonds. The number of aryl methyl sites for hydroxylation is 1. The minimum absolute atomic E-state index is 0.108. The van der Waals surface area contributed by atoms with Crippen LogP contribution in [0.3, 0.4) is 0 Å². The zero-order valence-corrected chi connectivity index (χ0v) is 18.5. The van der Waals surface area contributed by atoms with Crippen LogP contribution in [0.1, 0.15) is 28.1 Å². The molecule has 0 N–H and O–H groups in total. The maximum Gasteiger partial charge on any atom is 0.289 e. The van der Waals surface area contributed by atoms with E-state index >= 15 is 0 Å². The third kappa shape index (κ3) is 5.08. The van der Waals surface area contributed by atoms with Gasteiger partial charge in [-0.05, 0) is 24.1 Å². The molecule has 1 aliphatic rings. The lowest BCUT2D eigenvalue weighted by Gasteiger charge is -2.18. The van der Waals surface area contributed by atoms with Gasteiger partial charge in [-0.25, -0.2) is 0 Å². The van der Waals surface area contributed by atoms with Crippen LogP contribution in [0.25, 0.3) is 11.3 Å². The Labute approximate surface area is 190 Å². The van der Waals surface area contributed by atoms with E-state index in [1.54, 1.807) is 30.1 Å². The summed E-state index contributed by atoms with van der Waals surface area (Å²) >= 11 is 1.01. The van der Waals surface area contributed by atoms with Crippen molar-refractivity contribution in [2.24, 2.45) is 0 Å². The molecule has 1 saturated heterocycles. The van der Waals surface area contributed by atoms with Crippen LogP contribution in [0.15, 0.2) is 65.2 Å². The summed E-state index contributed by atoms with van der Waals surface area (Å²) in [6.45, 7) is 0.745. The first-order chi connectivity index (χ1) is 15.5. The predicted octanol–water partition coefficient (Wildman–Crippen LogP) is 4.24. The van der Waals surface area contributed by atoms with Gasteiger partial charge >= 0.3 is 0 Å². The lowest BCUT2D eigenvalue weighted by molar-refractivity contribution is -0.125. The number of carbonyl (C=O) groups is 3. The first-order valence-electron chi connectivity index (χ1n) is 10.3. The monoisotopic (exact) mass is 449 g/mol. The van der Waals surface area contributed by atoms with E-state index in [1.165, 1.54) is 4.90 Å². The Kier molecular flexibility index (Phi) is 6.70. The Morgan fingerprint density at radius 2 is 1.94 bits per heavy atom. The number of benzene rings is 2. The van der Waals surface area contributed by atoms with Crippen molar-refractivity contribution in [3.8, 4) is 11.3 Å². The number of amides is 3. The third-order valence-corrected chi connectivity index (χ3v) is 6.11.